The minimum Gasteiger partial charge on any atom is -0.326 e. The number of aromatic nitrogens is 1. The standard InChI is InChI=1S/C13H12FN3O/c14-11-2-1-3-12(16-11)17-13(18)10-6-4-9(8-15)5-7-10/h1-7H,8,15H2,(H,16,17,18). The minimum absolute atomic E-state index is 0.183. The van der Waals surface area contributed by atoms with Gasteiger partial charge < -0.3 is 11.1 Å². The first-order chi connectivity index (χ1) is 8.69. The second kappa shape index (κ2) is 5.37. The zero-order chi connectivity index (χ0) is 13.0. The maximum atomic E-state index is 12.8. The molecule has 1 aromatic heterocycles. The van der Waals surface area contributed by atoms with Crippen LogP contribution in [0.1, 0.15) is 15.9 Å². The van der Waals surface area contributed by atoms with E-state index in [2.05, 4.69) is 10.3 Å². The fourth-order valence-electron chi connectivity index (χ4n) is 1.46. The number of nitrogens with one attached hydrogen (secondary N) is 1. The third kappa shape index (κ3) is 2.89. The van der Waals surface area contributed by atoms with Crippen LogP contribution in [0.25, 0.3) is 0 Å². The highest BCUT2D eigenvalue weighted by atomic mass is 19.1. The molecule has 1 amide bonds. The van der Waals surface area contributed by atoms with Gasteiger partial charge in [-0.15, -0.1) is 0 Å². The number of hydrogen-bond acceptors (Lipinski definition) is 3. The first kappa shape index (κ1) is 12.2. The van der Waals surface area contributed by atoms with E-state index in [4.69, 9.17) is 5.73 Å². The van der Waals surface area contributed by atoms with Crippen LogP contribution in [-0.2, 0) is 6.54 Å². The third-order valence-corrected chi connectivity index (χ3v) is 2.41. The molecule has 0 fully saturated rings. The maximum absolute atomic E-state index is 12.8. The minimum atomic E-state index is -0.633. The van der Waals surface area contributed by atoms with E-state index in [-0.39, 0.29) is 11.7 Å². The number of pyridine rings is 1. The van der Waals surface area contributed by atoms with Crippen molar-refractivity contribution in [2.24, 2.45) is 5.73 Å². The molecule has 1 heterocycles. The van der Waals surface area contributed by atoms with Gasteiger partial charge in [0.05, 0.1) is 0 Å². The molecule has 3 N–H and O–H groups in total. The van der Waals surface area contributed by atoms with Crippen LogP contribution in [0.5, 0.6) is 0 Å². The summed E-state index contributed by atoms with van der Waals surface area (Å²) in [6, 6.07) is 11.1. The van der Waals surface area contributed by atoms with E-state index >= 15 is 0 Å². The Balaban J connectivity index is 2.11. The molecule has 0 saturated heterocycles. The molecule has 18 heavy (non-hydrogen) atoms. The summed E-state index contributed by atoms with van der Waals surface area (Å²) in [4.78, 5) is 15.4. The van der Waals surface area contributed by atoms with Crippen molar-refractivity contribution in [2.75, 3.05) is 5.32 Å². The number of anilines is 1. The molecule has 92 valence electrons. The van der Waals surface area contributed by atoms with Gasteiger partial charge in [0.25, 0.3) is 5.91 Å². The number of nitrogens with zero attached hydrogens (tertiary/aromatic N) is 1. The van der Waals surface area contributed by atoms with Gasteiger partial charge in [0.15, 0.2) is 0 Å². The lowest BCUT2D eigenvalue weighted by atomic mass is 10.1. The number of benzene rings is 1. The number of halogens is 1. The van der Waals surface area contributed by atoms with Crippen LogP contribution in [0.3, 0.4) is 0 Å². The van der Waals surface area contributed by atoms with Crippen molar-refractivity contribution in [3.63, 3.8) is 0 Å². The number of carbonyl (C=O) groups excluding carboxylic acids is 1. The van der Waals surface area contributed by atoms with Gasteiger partial charge >= 0.3 is 0 Å². The third-order valence-electron chi connectivity index (χ3n) is 2.41. The summed E-state index contributed by atoms with van der Waals surface area (Å²) in [6.45, 7) is 0.424. The molecular formula is C13H12FN3O. The van der Waals surface area contributed by atoms with Gasteiger partial charge in [-0.25, -0.2) is 4.98 Å². The van der Waals surface area contributed by atoms with Gasteiger partial charge in [-0.05, 0) is 29.8 Å². The molecule has 0 atom stereocenters. The van der Waals surface area contributed by atoms with E-state index in [9.17, 15) is 9.18 Å². The van der Waals surface area contributed by atoms with E-state index in [1.54, 1.807) is 24.3 Å². The topological polar surface area (TPSA) is 68.0 Å². The van der Waals surface area contributed by atoms with Crippen LogP contribution in [-0.4, -0.2) is 10.9 Å². The van der Waals surface area contributed by atoms with E-state index in [0.717, 1.165) is 5.56 Å². The highest BCUT2D eigenvalue weighted by Gasteiger charge is 2.06. The molecule has 2 aromatic rings. The maximum Gasteiger partial charge on any atom is 0.256 e. The molecule has 0 bridgehead atoms. The Bertz CT molecular complexity index is 554. The summed E-state index contributed by atoms with van der Waals surface area (Å²) < 4.78 is 12.8. The average Bonchev–Trinajstić information content (AvgIpc) is 2.39. The van der Waals surface area contributed by atoms with E-state index in [1.165, 1.54) is 18.2 Å². The molecule has 0 saturated carbocycles. The largest absolute Gasteiger partial charge is 0.326 e. The molecule has 0 aliphatic carbocycles. The monoisotopic (exact) mass is 245 g/mol. The van der Waals surface area contributed by atoms with E-state index in [0.29, 0.717) is 12.1 Å². The van der Waals surface area contributed by atoms with Crippen molar-refractivity contribution in [1.82, 2.24) is 4.98 Å². The molecule has 0 aliphatic heterocycles. The Morgan fingerprint density at radius 1 is 1.22 bits per heavy atom. The quantitative estimate of drug-likeness (QED) is 0.812. The Hall–Kier alpha value is -2.27. The zero-order valence-corrected chi connectivity index (χ0v) is 9.56. The molecule has 0 spiro atoms. The van der Waals surface area contributed by atoms with Crippen LogP contribution in [0.2, 0.25) is 0 Å². The molecule has 0 radical (unpaired) electrons. The first-order valence-electron chi connectivity index (χ1n) is 5.42. The molecule has 1 aromatic carbocycles. The SMILES string of the molecule is NCc1ccc(C(=O)Nc2cccc(F)n2)cc1. The second-order valence-electron chi connectivity index (χ2n) is 3.70. The molecular weight excluding hydrogens is 233 g/mol. The highest BCUT2D eigenvalue weighted by Crippen LogP contribution is 2.08. The van der Waals surface area contributed by atoms with Gasteiger partial charge in [0, 0.05) is 12.1 Å². The van der Waals surface area contributed by atoms with Crippen molar-refractivity contribution in [1.29, 1.82) is 0 Å². The normalized spacial score (nSPS) is 10.1. The molecule has 2 rings (SSSR count). The summed E-state index contributed by atoms with van der Waals surface area (Å²) in [5.74, 6) is -0.786. The van der Waals surface area contributed by atoms with Crippen LogP contribution < -0.4 is 11.1 Å². The molecule has 0 aliphatic rings. The Morgan fingerprint density at radius 3 is 2.56 bits per heavy atom. The lowest BCUT2D eigenvalue weighted by molar-refractivity contribution is 0.102. The Kier molecular flexibility index (Phi) is 3.64. The van der Waals surface area contributed by atoms with Crippen molar-refractivity contribution in [3.8, 4) is 0 Å². The fraction of sp³-hybridized carbons (Fsp3) is 0.0769. The van der Waals surface area contributed by atoms with E-state index in [1.807, 2.05) is 0 Å². The number of carbonyl (C=O) groups is 1. The number of nitrogens with two attached hydrogens (primary N) is 1. The zero-order valence-electron chi connectivity index (χ0n) is 9.56. The van der Waals surface area contributed by atoms with Crippen LogP contribution in [0.15, 0.2) is 42.5 Å². The second-order valence-corrected chi connectivity index (χ2v) is 3.70. The predicted octanol–water partition coefficient (Wildman–Crippen LogP) is 1.93. The lowest BCUT2D eigenvalue weighted by Gasteiger charge is -2.05. The summed E-state index contributed by atoms with van der Waals surface area (Å²) in [5, 5.41) is 2.52. The summed E-state index contributed by atoms with van der Waals surface area (Å²) in [6.07, 6.45) is 0. The predicted molar refractivity (Wildman–Crippen MR) is 66.5 cm³/mol. The van der Waals surface area contributed by atoms with E-state index < -0.39 is 5.95 Å². The number of hydrogen-bond donors (Lipinski definition) is 2. The van der Waals surface area contributed by atoms with Gasteiger partial charge in [-0.2, -0.15) is 4.39 Å². The van der Waals surface area contributed by atoms with Gasteiger partial charge in [0.1, 0.15) is 5.82 Å². The fourth-order valence-corrected chi connectivity index (χ4v) is 1.46. The lowest BCUT2D eigenvalue weighted by Crippen LogP contribution is -2.13. The molecule has 4 nitrogen and oxygen atoms in total. The van der Waals surface area contributed by atoms with Crippen molar-refractivity contribution in [2.45, 2.75) is 6.54 Å². The summed E-state index contributed by atoms with van der Waals surface area (Å²) >= 11 is 0. The average molecular weight is 245 g/mol. The van der Waals surface area contributed by atoms with Crippen LogP contribution in [0, 0.1) is 5.95 Å². The van der Waals surface area contributed by atoms with Crippen molar-refractivity contribution < 1.29 is 9.18 Å². The van der Waals surface area contributed by atoms with Crippen LogP contribution in [0.4, 0.5) is 10.2 Å². The summed E-state index contributed by atoms with van der Waals surface area (Å²) in [7, 11) is 0. The highest BCUT2D eigenvalue weighted by molar-refractivity contribution is 6.03. The smallest absolute Gasteiger partial charge is 0.256 e. The number of rotatable bonds is 3. The van der Waals surface area contributed by atoms with Crippen molar-refractivity contribution >= 4 is 11.7 Å². The van der Waals surface area contributed by atoms with Crippen LogP contribution >= 0.6 is 0 Å². The van der Waals surface area contributed by atoms with Gasteiger partial charge in [-0.1, -0.05) is 18.2 Å². The molecule has 5 heteroatoms. The first-order valence-corrected chi connectivity index (χ1v) is 5.42. The summed E-state index contributed by atoms with van der Waals surface area (Å²) in [5.41, 5.74) is 6.87. The van der Waals surface area contributed by atoms with Gasteiger partial charge in [0.2, 0.25) is 5.95 Å². The Labute approximate surface area is 104 Å². The van der Waals surface area contributed by atoms with Gasteiger partial charge in [-0.3, -0.25) is 4.79 Å². The number of amides is 1. The Morgan fingerprint density at radius 2 is 1.94 bits per heavy atom. The molecule has 0 unspecified atom stereocenters. The van der Waals surface area contributed by atoms with Crippen molar-refractivity contribution in [3.05, 3.63) is 59.5 Å².